The molecule has 0 radical (unpaired) electrons. The first kappa shape index (κ1) is 22.8. The van der Waals surface area contributed by atoms with E-state index in [0.29, 0.717) is 5.56 Å². The van der Waals surface area contributed by atoms with Crippen LogP contribution in [0.1, 0.15) is 17.1 Å². The van der Waals surface area contributed by atoms with Crippen LogP contribution >= 0.6 is 0 Å². The van der Waals surface area contributed by atoms with Crippen molar-refractivity contribution in [2.75, 3.05) is 31.1 Å². The average Bonchev–Trinajstić information content (AvgIpc) is 3.55. The van der Waals surface area contributed by atoms with Crippen molar-refractivity contribution >= 4 is 11.3 Å². The van der Waals surface area contributed by atoms with Crippen LogP contribution in [0.3, 0.4) is 0 Å². The van der Waals surface area contributed by atoms with Gasteiger partial charge in [0, 0.05) is 86.8 Å². The summed E-state index contributed by atoms with van der Waals surface area (Å²) in [4.78, 5) is 18.3. The van der Waals surface area contributed by atoms with Crippen LogP contribution in [0.5, 0.6) is 0 Å². The standard InChI is InChI=1S/C27H26N10/c1-19-29-6-5-24(33-19)18-35-7-9-36(10-8-35)26-4-3-20(13-30-26)25-11-21(23-15-31-34(2)16-23)17-37-27(25)22(12-28)14-32-37/h3-6,11,13-17H,7-10,18H2,1-2H3. The van der Waals surface area contributed by atoms with Crippen molar-refractivity contribution in [1.29, 1.82) is 5.26 Å². The maximum absolute atomic E-state index is 9.68. The van der Waals surface area contributed by atoms with Crippen LogP contribution < -0.4 is 4.90 Å². The van der Waals surface area contributed by atoms with Gasteiger partial charge in [-0.25, -0.2) is 19.5 Å². The Morgan fingerprint density at radius 2 is 1.78 bits per heavy atom. The Labute approximate surface area is 214 Å². The molecule has 10 nitrogen and oxygen atoms in total. The molecule has 0 unspecified atom stereocenters. The summed E-state index contributed by atoms with van der Waals surface area (Å²) in [6.45, 7) is 6.45. The molecule has 0 aliphatic carbocycles. The predicted molar refractivity (Wildman–Crippen MR) is 140 cm³/mol. The van der Waals surface area contributed by atoms with E-state index in [-0.39, 0.29) is 0 Å². The van der Waals surface area contributed by atoms with Crippen molar-refractivity contribution in [2.45, 2.75) is 13.5 Å². The van der Waals surface area contributed by atoms with Gasteiger partial charge in [0.25, 0.3) is 0 Å². The third kappa shape index (κ3) is 4.52. The third-order valence-electron chi connectivity index (χ3n) is 6.74. The van der Waals surface area contributed by atoms with Crippen LogP contribution in [0.15, 0.2) is 61.4 Å². The fraction of sp³-hybridized carbons (Fsp3) is 0.259. The van der Waals surface area contributed by atoms with Crippen LogP contribution in [-0.2, 0) is 13.6 Å². The number of aromatic nitrogens is 7. The first-order valence-electron chi connectivity index (χ1n) is 12.2. The highest BCUT2D eigenvalue weighted by Gasteiger charge is 2.20. The van der Waals surface area contributed by atoms with Gasteiger partial charge in [-0.05, 0) is 31.2 Å². The van der Waals surface area contributed by atoms with Crippen molar-refractivity contribution in [1.82, 2.24) is 39.2 Å². The number of pyridine rings is 2. The molecule has 5 aromatic heterocycles. The SMILES string of the molecule is Cc1nccc(CN2CCN(c3ccc(-c4cc(-c5cnn(C)c5)cn5ncc(C#N)c45)cn3)CC2)n1. The molecule has 6 rings (SSSR count). The lowest BCUT2D eigenvalue weighted by Gasteiger charge is -2.35. The molecule has 1 aliphatic rings. The normalized spacial score (nSPS) is 14.2. The van der Waals surface area contributed by atoms with Crippen LogP contribution in [0, 0.1) is 18.3 Å². The van der Waals surface area contributed by atoms with Crippen molar-refractivity contribution in [3.63, 3.8) is 0 Å². The van der Waals surface area contributed by atoms with E-state index in [9.17, 15) is 5.26 Å². The molecule has 0 saturated carbocycles. The van der Waals surface area contributed by atoms with Crippen LogP contribution in [0.25, 0.3) is 27.8 Å². The number of hydrogen-bond acceptors (Lipinski definition) is 8. The van der Waals surface area contributed by atoms with Gasteiger partial charge in [-0.15, -0.1) is 0 Å². The van der Waals surface area contributed by atoms with Gasteiger partial charge in [0.2, 0.25) is 0 Å². The Bertz CT molecular complexity index is 1600. The van der Waals surface area contributed by atoms with Gasteiger partial charge in [0.15, 0.2) is 0 Å². The number of fused-ring (bicyclic) bond motifs is 1. The Morgan fingerprint density at radius 3 is 2.49 bits per heavy atom. The largest absolute Gasteiger partial charge is 0.354 e. The van der Waals surface area contributed by atoms with Gasteiger partial charge in [-0.2, -0.15) is 15.5 Å². The molecule has 0 amide bonds. The highest BCUT2D eigenvalue weighted by atomic mass is 15.3. The molecule has 1 fully saturated rings. The van der Waals surface area contributed by atoms with E-state index < -0.39 is 0 Å². The topological polar surface area (TPSA) is 104 Å². The second-order valence-corrected chi connectivity index (χ2v) is 9.27. The van der Waals surface area contributed by atoms with Crippen LogP contribution in [0.4, 0.5) is 5.82 Å². The molecule has 0 N–H and O–H groups in total. The maximum atomic E-state index is 9.68. The molecule has 10 heteroatoms. The van der Waals surface area contributed by atoms with E-state index in [1.54, 1.807) is 15.4 Å². The van der Waals surface area contributed by atoms with Crippen LogP contribution in [0.2, 0.25) is 0 Å². The molecule has 0 spiro atoms. The zero-order valence-electron chi connectivity index (χ0n) is 20.8. The molecule has 0 atom stereocenters. The van der Waals surface area contributed by atoms with Crippen molar-refractivity contribution in [3.8, 4) is 28.3 Å². The fourth-order valence-electron chi connectivity index (χ4n) is 4.84. The zero-order valence-corrected chi connectivity index (χ0v) is 20.8. The lowest BCUT2D eigenvalue weighted by atomic mass is 10.0. The Morgan fingerprint density at radius 1 is 0.919 bits per heavy atom. The number of rotatable bonds is 5. The molecule has 6 heterocycles. The van der Waals surface area contributed by atoms with E-state index in [0.717, 1.165) is 77.8 Å². The summed E-state index contributed by atoms with van der Waals surface area (Å²) in [6, 6.07) is 10.5. The van der Waals surface area contributed by atoms with Gasteiger partial charge >= 0.3 is 0 Å². The molecule has 1 saturated heterocycles. The lowest BCUT2D eigenvalue weighted by Crippen LogP contribution is -2.46. The smallest absolute Gasteiger partial charge is 0.128 e. The number of nitrogens with zero attached hydrogens (tertiary/aromatic N) is 10. The average molecular weight is 491 g/mol. The second-order valence-electron chi connectivity index (χ2n) is 9.27. The van der Waals surface area contributed by atoms with Gasteiger partial charge in [-0.3, -0.25) is 9.58 Å². The number of nitriles is 1. The minimum atomic E-state index is 0.534. The summed E-state index contributed by atoms with van der Waals surface area (Å²) in [5, 5.41) is 18.4. The summed E-state index contributed by atoms with van der Waals surface area (Å²) in [7, 11) is 1.89. The predicted octanol–water partition coefficient (Wildman–Crippen LogP) is 3.09. The minimum Gasteiger partial charge on any atom is -0.354 e. The Hall–Kier alpha value is -4.62. The molecular weight excluding hydrogens is 464 g/mol. The van der Waals surface area contributed by atoms with Crippen molar-refractivity contribution < 1.29 is 0 Å². The first-order valence-corrected chi connectivity index (χ1v) is 12.2. The van der Waals surface area contributed by atoms with E-state index in [1.807, 2.05) is 51.0 Å². The third-order valence-corrected chi connectivity index (χ3v) is 6.74. The quantitative estimate of drug-likeness (QED) is 0.370. The first-order chi connectivity index (χ1) is 18.1. The number of anilines is 1. The second kappa shape index (κ2) is 9.44. The number of aryl methyl sites for hydroxylation is 2. The molecule has 1 aliphatic heterocycles. The summed E-state index contributed by atoms with van der Waals surface area (Å²) in [5.41, 5.74) is 6.18. The van der Waals surface area contributed by atoms with Gasteiger partial charge < -0.3 is 4.90 Å². The monoisotopic (exact) mass is 490 g/mol. The van der Waals surface area contributed by atoms with Crippen LogP contribution in [-0.4, -0.2) is 65.4 Å². The van der Waals surface area contributed by atoms with Crippen molar-refractivity contribution in [3.05, 3.63) is 78.5 Å². The fourth-order valence-corrected chi connectivity index (χ4v) is 4.84. The van der Waals surface area contributed by atoms with Gasteiger partial charge in [0.1, 0.15) is 17.7 Å². The molecular formula is C27H26N10. The lowest BCUT2D eigenvalue weighted by molar-refractivity contribution is 0.246. The molecule has 0 bridgehead atoms. The molecule has 37 heavy (non-hydrogen) atoms. The highest BCUT2D eigenvalue weighted by Crippen LogP contribution is 2.32. The van der Waals surface area contributed by atoms with E-state index in [4.69, 9.17) is 4.98 Å². The highest BCUT2D eigenvalue weighted by molar-refractivity contribution is 5.87. The summed E-state index contributed by atoms with van der Waals surface area (Å²) in [5.74, 6) is 1.76. The molecule has 5 aromatic rings. The van der Waals surface area contributed by atoms with Gasteiger partial charge in [0.05, 0.1) is 29.2 Å². The van der Waals surface area contributed by atoms with E-state index in [2.05, 4.69) is 54.2 Å². The maximum Gasteiger partial charge on any atom is 0.128 e. The molecule has 184 valence electrons. The minimum absolute atomic E-state index is 0.534. The number of hydrogen-bond donors (Lipinski definition) is 0. The summed E-state index contributed by atoms with van der Waals surface area (Å²) in [6.07, 6.45) is 11.0. The Kier molecular flexibility index (Phi) is 5.82. The molecule has 0 aromatic carbocycles. The van der Waals surface area contributed by atoms with Crippen molar-refractivity contribution in [2.24, 2.45) is 7.05 Å². The summed E-state index contributed by atoms with van der Waals surface area (Å²) >= 11 is 0. The number of piperazine rings is 1. The zero-order chi connectivity index (χ0) is 25.4. The summed E-state index contributed by atoms with van der Waals surface area (Å²) < 4.78 is 3.54. The van der Waals surface area contributed by atoms with E-state index in [1.165, 1.54) is 0 Å². The van der Waals surface area contributed by atoms with E-state index >= 15 is 0 Å². The van der Waals surface area contributed by atoms with Gasteiger partial charge in [-0.1, -0.05) is 0 Å². The Balaban J connectivity index is 1.23.